The number of esters is 1. The zero-order valence-electron chi connectivity index (χ0n) is 21.6. The van der Waals surface area contributed by atoms with Crippen LogP contribution >= 0.6 is 0 Å². The second kappa shape index (κ2) is 11.6. The van der Waals surface area contributed by atoms with Crippen LogP contribution < -0.4 is 4.90 Å². The maximum atomic E-state index is 12.9. The molecule has 5 rings (SSSR count). The Kier molecular flexibility index (Phi) is 7.99. The molecule has 0 N–H and O–H groups in total. The number of pyridine rings is 1. The molecule has 0 amide bonds. The van der Waals surface area contributed by atoms with E-state index in [1.807, 2.05) is 31.2 Å². The SMILES string of the molecule is CCOC(=O)C1CCN(c2nc(-c3ccccn3)nc3c2CN(CCS(=O)(=O)c2ccccc2)CC3)CC1. The Hall–Kier alpha value is -3.37. The Balaban J connectivity index is 1.38. The van der Waals surface area contributed by atoms with Crippen LogP contribution in [-0.2, 0) is 32.3 Å². The van der Waals surface area contributed by atoms with Crippen LogP contribution in [0.15, 0.2) is 59.6 Å². The number of rotatable bonds is 8. The van der Waals surface area contributed by atoms with Crippen molar-refractivity contribution in [2.75, 3.05) is 43.4 Å². The monoisotopic (exact) mass is 535 g/mol. The summed E-state index contributed by atoms with van der Waals surface area (Å²) in [5.74, 6) is 1.27. The Bertz CT molecular complexity index is 1360. The lowest BCUT2D eigenvalue weighted by Gasteiger charge is -2.36. The van der Waals surface area contributed by atoms with Gasteiger partial charge in [0.15, 0.2) is 15.7 Å². The summed E-state index contributed by atoms with van der Waals surface area (Å²) in [7, 11) is -3.36. The van der Waals surface area contributed by atoms with Crippen molar-refractivity contribution in [3.05, 3.63) is 66.0 Å². The minimum atomic E-state index is -3.36. The number of nitrogens with zero attached hydrogens (tertiary/aromatic N) is 5. The molecule has 0 radical (unpaired) electrons. The zero-order chi connectivity index (χ0) is 26.5. The van der Waals surface area contributed by atoms with Gasteiger partial charge in [0.1, 0.15) is 11.5 Å². The van der Waals surface area contributed by atoms with Crippen LogP contribution in [-0.4, -0.2) is 72.8 Å². The number of aromatic nitrogens is 3. The van der Waals surface area contributed by atoms with E-state index in [0.29, 0.717) is 68.5 Å². The van der Waals surface area contributed by atoms with E-state index in [2.05, 4.69) is 14.8 Å². The fourth-order valence-corrected chi connectivity index (χ4v) is 6.40. The first-order valence-electron chi connectivity index (χ1n) is 13.2. The molecule has 2 aliphatic rings. The van der Waals surface area contributed by atoms with Crippen LogP contribution in [0.25, 0.3) is 11.5 Å². The Labute approximate surface area is 223 Å². The van der Waals surface area contributed by atoms with Gasteiger partial charge in [-0.2, -0.15) is 0 Å². The molecular formula is C28H33N5O4S. The largest absolute Gasteiger partial charge is 0.466 e. The van der Waals surface area contributed by atoms with Crippen molar-refractivity contribution >= 4 is 21.6 Å². The predicted molar refractivity (Wildman–Crippen MR) is 144 cm³/mol. The molecule has 2 aliphatic heterocycles. The van der Waals surface area contributed by atoms with Crippen molar-refractivity contribution in [2.45, 2.75) is 37.6 Å². The number of anilines is 1. The number of hydrogen-bond donors (Lipinski definition) is 0. The molecule has 0 bridgehead atoms. The van der Waals surface area contributed by atoms with Crippen LogP contribution in [0, 0.1) is 5.92 Å². The summed E-state index contributed by atoms with van der Waals surface area (Å²) >= 11 is 0. The molecule has 0 aliphatic carbocycles. The van der Waals surface area contributed by atoms with Gasteiger partial charge < -0.3 is 9.64 Å². The van der Waals surface area contributed by atoms with Gasteiger partial charge in [0, 0.05) is 50.9 Å². The third-order valence-corrected chi connectivity index (χ3v) is 8.91. The first-order valence-corrected chi connectivity index (χ1v) is 14.8. The normalized spacial score (nSPS) is 16.7. The topological polar surface area (TPSA) is 106 Å². The highest BCUT2D eigenvalue weighted by molar-refractivity contribution is 7.91. The number of fused-ring (bicyclic) bond motifs is 1. The van der Waals surface area contributed by atoms with Crippen LogP contribution in [0.3, 0.4) is 0 Å². The fourth-order valence-electron chi connectivity index (χ4n) is 5.10. The lowest BCUT2D eigenvalue weighted by atomic mass is 9.96. The van der Waals surface area contributed by atoms with E-state index in [4.69, 9.17) is 14.7 Å². The third-order valence-electron chi connectivity index (χ3n) is 7.20. The molecule has 3 aromatic rings. The number of carbonyl (C=O) groups is 1. The third kappa shape index (κ3) is 5.86. The van der Waals surface area contributed by atoms with Gasteiger partial charge in [-0.05, 0) is 44.0 Å². The Morgan fingerprint density at radius 2 is 1.79 bits per heavy atom. The minimum absolute atomic E-state index is 0.0551. The van der Waals surface area contributed by atoms with Crippen LogP contribution in [0.4, 0.5) is 5.82 Å². The lowest BCUT2D eigenvalue weighted by molar-refractivity contribution is -0.148. The summed E-state index contributed by atoms with van der Waals surface area (Å²) < 4.78 is 31.0. The molecule has 200 valence electrons. The van der Waals surface area contributed by atoms with Crippen molar-refractivity contribution in [3.63, 3.8) is 0 Å². The molecule has 0 spiro atoms. The number of piperidine rings is 1. The molecule has 0 saturated carbocycles. The molecule has 9 nitrogen and oxygen atoms in total. The molecule has 4 heterocycles. The summed E-state index contributed by atoms with van der Waals surface area (Å²) in [4.78, 5) is 31.3. The molecule has 1 fully saturated rings. The second-order valence-electron chi connectivity index (χ2n) is 9.68. The van der Waals surface area contributed by atoms with E-state index in [0.717, 1.165) is 23.6 Å². The van der Waals surface area contributed by atoms with E-state index in [1.165, 1.54) is 0 Å². The van der Waals surface area contributed by atoms with Crippen molar-refractivity contribution in [1.29, 1.82) is 0 Å². The van der Waals surface area contributed by atoms with E-state index >= 15 is 0 Å². The van der Waals surface area contributed by atoms with Gasteiger partial charge in [0.25, 0.3) is 0 Å². The summed E-state index contributed by atoms with van der Waals surface area (Å²) in [5, 5.41) is 0. The van der Waals surface area contributed by atoms with Crippen LogP contribution in [0.2, 0.25) is 0 Å². The van der Waals surface area contributed by atoms with Gasteiger partial charge in [0.05, 0.1) is 28.9 Å². The van der Waals surface area contributed by atoms with Crippen LogP contribution in [0.5, 0.6) is 0 Å². The van der Waals surface area contributed by atoms with Crippen molar-refractivity contribution in [1.82, 2.24) is 19.9 Å². The summed E-state index contributed by atoms with van der Waals surface area (Å²) in [5.41, 5.74) is 2.72. The second-order valence-corrected chi connectivity index (χ2v) is 11.8. The minimum Gasteiger partial charge on any atom is -0.466 e. The van der Waals surface area contributed by atoms with Gasteiger partial charge in [-0.1, -0.05) is 24.3 Å². The van der Waals surface area contributed by atoms with E-state index in [-0.39, 0.29) is 17.6 Å². The molecule has 38 heavy (non-hydrogen) atoms. The molecule has 0 unspecified atom stereocenters. The highest BCUT2D eigenvalue weighted by Crippen LogP contribution is 2.32. The number of benzene rings is 1. The average Bonchev–Trinajstić information content (AvgIpc) is 2.96. The maximum absolute atomic E-state index is 12.9. The van der Waals surface area contributed by atoms with Crippen molar-refractivity contribution in [3.8, 4) is 11.5 Å². The standard InChI is InChI=1S/C28H33N5O4S/c1-2-37-28(34)21-11-16-33(17-12-21)27-23-20-32(18-19-38(35,36)22-8-4-3-5-9-22)15-13-24(23)30-26(31-27)25-10-6-7-14-29-25/h3-10,14,21H,2,11-13,15-20H2,1H3. The first-order chi connectivity index (χ1) is 18.4. The van der Waals surface area contributed by atoms with E-state index < -0.39 is 9.84 Å². The van der Waals surface area contributed by atoms with Crippen molar-refractivity contribution < 1.29 is 17.9 Å². The molecule has 10 heteroatoms. The predicted octanol–water partition coefficient (Wildman–Crippen LogP) is 3.15. The number of hydrogen-bond acceptors (Lipinski definition) is 9. The van der Waals surface area contributed by atoms with Gasteiger partial charge in [0.2, 0.25) is 0 Å². The van der Waals surface area contributed by atoms with Gasteiger partial charge >= 0.3 is 5.97 Å². The molecule has 1 aromatic carbocycles. The maximum Gasteiger partial charge on any atom is 0.309 e. The molecule has 2 aromatic heterocycles. The first kappa shape index (κ1) is 26.2. The molecule has 1 saturated heterocycles. The lowest BCUT2D eigenvalue weighted by Crippen LogP contribution is -2.40. The van der Waals surface area contributed by atoms with Crippen LogP contribution in [0.1, 0.15) is 31.0 Å². The fraction of sp³-hybridized carbons (Fsp3) is 0.429. The van der Waals surface area contributed by atoms with Gasteiger partial charge in [-0.15, -0.1) is 0 Å². The number of sulfone groups is 1. The van der Waals surface area contributed by atoms with E-state index in [9.17, 15) is 13.2 Å². The molecular weight excluding hydrogens is 502 g/mol. The number of carbonyl (C=O) groups excluding carboxylic acids is 1. The van der Waals surface area contributed by atoms with Crippen molar-refractivity contribution in [2.24, 2.45) is 5.92 Å². The summed E-state index contributed by atoms with van der Waals surface area (Å²) in [6.07, 6.45) is 3.85. The molecule has 0 atom stereocenters. The Morgan fingerprint density at radius 3 is 2.50 bits per heavy atom. The highest BCUT2D eigenvalue weighted by Gasteiger charge is 2.31. The smallest absolute Gasteiger partial charge is 0.309 e. The van der Waals surface area contributed by atoms with E-state index in [1.54, 1.807) is 30.5 Å². The average molecular weight is 536 g/mol. The number of ether oxygens (including phenoxy) is 1. The highest BCUT2D eigenvalue weighted by atomic mass is 32.2. The quantitative estimate of drug-likeness (QED) is 0.402. The van der Waals surface area contributed by atoms with Gasteiger partial charge in [-0.3, -0.25) is 14.7 Å². The zero-order valence-corrected chi connectivity index (χ0v) is 22.4. The Morgan fingerprint density at radius 1 is 1.03 bits per heavy atom. The summed E-state index contributed by atoms with van der Waals surface area (Å²) in [6, 6.07) is 14.3. The summed E-state index contributed by atoms with van der Waals surface area (Å²) in [6.45, 7) is 5.34. The van der Waals surface area contributed by atoms with Gasteiger partial charge in [-0.25, -0.2) is 18.4 Å².